The first-order valence-electron chi connectivity index (χ1n) is 5.04. The van der Waals surface area contributed by atoms with E-state index in [1.165, 1.54) is 5.75 Å². The predicted molar refractivity (Wildman–Crippen MR) is 69.4 cm³/mol. The third kappa shape index (κ3) is 4.51. The Kier molecular flexibility index (Phi) is 6.24. The average Bonchev–Trinajstić information content (AvgIpc) is 2.71. The van der Waals surface area contributed by atoms with Crippen molar-refractivity contribution in [3.63, 3.8) is 0 Å². The summed E-state index contributed by atoms with van der Waals surface area (Å²) in [5.41, 5.74) is 8.80. The van der Waals surface area contributed by atoms with Crippen molar-refractivity contribution in [3.8, 4) is 0 Å². The zero-order valence-corrected chi connectivity index (χ0v) is 11.0. The van der Waals surface area contributed by atoms with E-state index in [0.717, 1.165) is 25.2 Å². The minimum atomic E-state index is 0.471. The van der Waals surface area contributed by atoms with Crippen LogP contribution in [0.15, 0.2) is 10.9 Å². The molecule has 3 nitrogen and oxygen atoms in total. The molecule has 0 aliphatic heterocycles. The van der Waals surface area contributed by atoms with Crippen molar-refractivity contribution in [2.45, 2.75) is 19.0 Å². The van der Waals surface area contributed by atoms with Crippen LogP contribution in [0, 0.1) is 0 Å². The molecule has 1 aromatic rings. The molecule has 2 N–H and O–H groups in total. The van der Waals surface area contributed by atoms with Crippen LogP contribution in [0.1, 0.15) is 12.1 Å². The fraction of sp³-hybridized carbons (Fsp3) is 0.700. The minimum Gasteiger partial charge on any atom is -0.329 e. The minimum absolute atomic E-state index is 0.471. The molecule has 15 heavy (non-hydrogen) atoms. The van der Waals surface area contributed by atoms with Gasteiger partial charge in [-0.15, -0.1) is 11.3 Å². The van der Waals surface area contributed by atoms with Crippen LogP contribution in [0.5, 0.6) is 0 Å². The summed E-state index contributed by atoms with van der Waals surface area (Å²) >= 11 is 3.52. The Bertz CT molecular complexity index is 251. The Labute approximate surface area is 100 Å². The maximum Gasteiger partial charge on any atom is 0.0795 e. The molecule has 86 valence electrons. The van der Waals surface area contributed by atoms with Crippen molar-refractivity contribution < 1.29 is 0 Å². The van der Waals surface area contributed by atoms with Crippen LogP contribution in [-0.4, -0.2) is 41.5 Å². The average molecular weight is 245 g/mol. The van der Waals surface area contributed by atoms with Crippen molar-refractivity contribution in [3.05, 3.63) is 16.6 Å². The van der Waals surface area contributed by atoms with Crippen molar-refractivity contribution in [2.75, 3.05) is 25.6 Å². The van der Waals surface area contributed by atoms with E-state index in [1.807, 2.05) is 17.3 Å². The summed E-state index contributed by atoms with van der Waals surface area (Å²) in [7, 11) is 2.12. The fourth-order valence-electron chi connectivity index (χ4n) is 1.47. The number of thioether (sulfide) groups is 1. The Balaban J connectivity index is 2.39. The summed E-state index contributed by atoms with van der Waals surface area (Å²) in [5, 5.41) is 2.10. The molecule has 1 rings (SSSR count). The fourth-order valence-corrected chi connectivity index (χ4v) is 2.53. The lowest BCUT2D eigenvalue weighted by Gasteiger charge is -2.25. The van der Waals surface area contributed by atoms with E-state index < -0.39 is 0 Å². The Hall–Kier alpha value is -0.100. The molecular formula is C10H19N3S2. The number of rotatable bonds is 7. The topological polar surface area (TPSA) is 42.1 Å². The number of likely N-dealkylation sites (N-methyl/N-ethyl adjacent to an activating group) is 1. The maximum absolute atomic E-state index is 5.77. The van der Waals surface area contributed by atoms with E-state index in [-0.39, 0.29) is 0 Å². The lowest BCUT2D eigenvalue weighted by atomic mass is 10.2. The van der Waals surface area contributed by atoms with Crippen molar-refractivity contribution in [1.29, 1.82) is 0 Å². The molecule has 0 bridgehead atoms. The first-order valence-corrected chi connectivity index (χ1v) is 7.38. The van der Waals surface area contributed by atoms with Crippen LogP contribution in [0.2, 0.25) is 0 Å². The van der Waals surface area contributed by atoms with Gasteiger partial charge in [-0.2, -0.15) is 11.8 Å². The van der Waals surface area contributed by atoms with Gasteiger partial charge in [0.15, 0.2) is 0 Å². The molecule has 0 amide bonds. The largest absolute Gasteiger partial charge is 0.329 e. The number of aromatic nitrogens is 1. The molecule has 0 aliphatic rings. The van der Waals surface area contributed by atoms with E-state index in [2.05, 4.69) is 28.6 Å². The molecule has 1 heterocycles. The molecule has 1 aromatic heterocycles. The molecule has 0 saturated heterocycles. The zero-order valence-electron chi connectivity index (χ0n) is 9.35. The molecule has 0 fully saturated rings. The molecule has 1 atom stereocenters. The van der Waals surface area contributed by atoms with E-state index >= 15 is 0 Å². The van der Waals surface area contributed by atoms with E-state index in [1.54, 1.807) is 11.3 Å². The van der Waals surface area contributed by atoms with Crippen LogP contribution in [-0.2, 0) is 6.54 Å². The second kappa shape index (κ2) is 7.22. The highest BCUT2D eigenvalue weighted by Gasteiger charge is 2.13. The quantitative estimate of drug-likeness (QED) is 0.793. The van der Waals surface area contributed by atoms with Crippen LogP contribution in [0.25, 0.3) is 0 Å². The van der Waals surface area contributed by atoms with Gasteiger partial charge in [-0.3, -0.25) is 4.90 Å². The molecular weight excluding hydrogens is 226 g/mol. The lowest BCUT2D eigenvalue weighted by Crippen LogP contribution is -2.37. The highest BCUT2D eigenvalue weighted by atomic mass is 32.2. The van der Waals surface area contributed by atoms with Gasteiger partial charge in [0.05, 0.1) is 11.2 Å². The van der Waals surface area contributed by atoms with Crippen molar-refractivity contribution in [1.82, 2.24) is 9.88 Å². The predicted octanol–water partition coefficient (Wildman–Crippen LogP) is 1.66. The summed E-state index contributed by atoms with van der Waals surface area (Å²) < 4.78 is 0. The lowest BCUT2D eigenvalue weighted by molar-refractivity contribution is 0.232. The van der Waals surface area contributed by atoms with Crippen molar-refractivity contribution >= 4 is 23.1 Å². The van der Waals surface area contributed by atoms with Gasteiger partial charge in [-0.05, 0) is 25.5 Å². The highest BCUT2D eigenvalue weighted by molar-refractivity contribution is 7.98. The third-order valence-electron chi connectivity index (χ3n) is 2.45. The van der Waals surface area contributed by atoms with Gasteiger partial charge >= 0.3 is 0 Å². The molecule has 5 heteroatoms. The molecule has 1 unspecified atom stereocenters. The van der Waals surface area contributed by atoms with E-state index in [4.69, 9.17) is 5.73 Å². The third-order valence-corrected chi connectivity index (χ3v) is 3.72. The van der Waals surface area contributed by atoms with Gasteiger partial charge < -0.3 is 5.73 Å². The van der Waals surface area contributed by atoms with Crippen LogP contribution in [0.4, 0.5) is 0 Å². The standard InChI is InChI=1S/C10H19N3S2/c1-13(6-9-7-15-8-12-9)10(5-11)3-4-14-2/h7-8,10H,3-6,11H2,1-2H3. The molecule has 0 radical (unpaired) electrons. The second-order valence-electron chi connectivity index (χ2n) is 3.57. The number of nitrogens with two attached hydrogens (primary N) is 1. The smallest absolute Gasteiger partial charge is 0.0795 e. The summed E-state index contributed by atoms with van der Waals surface area (Å²) in [6, 6.07) is 0.471. The molecule has 0 saturated carbocycles. The monoisotopic (exact) mass is 245 g/mol. The zero-order chi connectivity index (χ0) is 11.1. The summed E-state index contributed by atoms with van der Waals surface area (Å²) in [4.78, 5) is 6.58. The van der Waals surface area contributed by atoms with E-state index in [9.17, 15) is 0 Å². The molecule has 0 spiro atoms. The summed E-state index contributed by atoms with van der Waals surface area (Å²) in [5.74, 6) is 1.17. The Morgan fingerprint density at radius 2 is 2.47 bits per heavy atom. The van der Waals surface area contributed by atoms with Crippen LogP contribution in [0.3, 0.4) is 0 Å². The Morgan fingerprint density at radius 3 is 3.00 bits per heavy atom. The molecule has 0 aliphatic carbocycles. The van der Waals surface area contributed by atoms with Crippen LogP contribution < -0.4 is 5.73 Å². The highest BCUT2D eigenvalue weighted by Crippen LogP contribution is 2.10. The number of thiazole rings is 1. The van der Waals surface area contributed by atoms with Gasteiger partial charge in [-0.25, -0.2) is 4.98 Å². The van der Waals surface area contributed by atoms with Gasteiger partial charge in [0.25, 0.3) is 0 Å². The van der Waals surface area contributed by atoms with E-state index in [0.29, 0.717) is 6.04 Å². The first kappa shape index (κ1) is 13.0. The van der Waals surface area contributed by atoms with Gasteiger partial charge in [0.2, 0.25) is 0 Å². The maximum atomic E-state index is 5.77. The number of nitrogens with zero attached hydrogens (tertiary/aromatic N) is 2. The SMILES string of the molecule is CSCCC(CN)N(C)Cc1cscn1. The normalized spacial score (nSPS) is 13.3. The summed E-state index contributed by atoms with van der Waals surface area (Å²) in [6.07, 6.45) is 3.28. The first-order chi connectivity index (χ1) is 7.27. The number of hydrogen-bond donors (Lipinski definition) is 1. The summed E-state index contributed by atoms with van der Waals surface area (Å²) in [6.45, 7) is 1.63. The van der Waals surface area contributed by atoms with Gasteiger partial charge in [0.1, 0.15) is 0 Å². The van der Waals surface area contributed by atoms with Gasteiger partial charge in [-0.1, -0.05) is 0 Å². The van der Waals surface area contributed by atoms with Gasteiger partial charge in [0, 0.05) is 24.5 Å². The van der Waals surface area contributed by atoms with Crippen LogP contribution >= 0.6 is 23.1 Å². The van der Waals surface area contributed by atoms with Crippen molar-refractivity contribution in [2.24, 2.45) is 5.73 Å². The number of hydrogen-bond acceptors (Lipinski definition) is 5. The molecule has 0 aromatic carbocycles. The second-order valence-corrected chi connectivity index (χ2v) is 5.27. The Morgan fingerprint density at radius 1 is 1.67 bits per heavy atom.